The molecule has 1 atom stereocenters. The molecule has 0 amide bonds. The first-order chi connectivity index (χ1) is 8.20. The number of hydrogen-bond acceptors (Lipinski definition) is 3. The van der Waals surface area contributed by atoms with Crippen molar-refractivity contribution in [3.05, 3.63) is 34.3 Å². The van der Waals surface area contributed by atoms with Crippen LogP contribution in [0.4, 0.5) is 0 Å². The predicted octanol–water partition coefficient (Wildman–Crippen LogP) is 2.49. The summed E-state index contributed by atoms with van der Waals surface area (Å²) in [4.78, 5) is 11.6. The van der Waals surface area contributed by atoms with Crippen molar-refractivity contribution in [3.8, 4) is 0 Å². The SMILES string of the molecule is COC(=O)C(NCc1ccc(Br)cc1)C1CC1. The molecule has 1 unspecified atom stereocenters. The van der Waals surface area contributed by atoms with Crippen LogP contribution in [0.3, 0.4) is 0 Å². The third kappa shape index (κ3) is 3.54. The Labute approximate surface area is 110 Å². The molecule has 4 heteroatoms. The molecule has 0 radical (unpaired) electrons. The molecular formula is C13H16BrNO2. The van der Waals surface area contributed by atoms with E-state index >= 15 is 0 Å². The molecule has 0 heterocycles. The van der Waals surface area contributed by atoms with Crippen LogP contribution in [0.25, 0.3) is 0 Å². The summed E-state index contributed by atoms with van der Waals surface area (Å²) in [5, 5.41) is 3.28. The summed E-state index contributed by atoms with van der Waals surface area (Å²) in [5.74, 6) is 0.308. The third-order valence-electron chi connectivity index (χ3n) is 2.99. The largest absolute Gasteiger partial charge is 0.468 e. The average molecular weight is 298 g/mol. The molecule has 1 N–H and O–H groups in total. The van der Waals surface area contributed by atoms with Crippen LogP contribution in [0.2, 0.25) is 0 Å². The van der Waals surface area contributed by atoms with Crippen LogP contribution in [0.15, 0.2) is 28.7 Å². The lowest BCUT2D eigenvalue weighted by Crippen LogP contribution is -2.39. The van der Waals surface area contributed by atoms with Crippen LogP contribution in [-0.4, -0.2) is 19.1 Å². The van der Waals surface area contributed by atoms with Crippen LogP contribution in [-0.2, 0) is 16.1 Å². The number of ether oxygens (including phenoxy) is 1. The fourth-order valence-electron chi connectivity index (χ4n) is 1.83. The van der Waals surface area contributed by atoms with Gasteiger partial charge in [-0.15, -0.1) is 0 Å². The number of benzene rings is 1. The fraction of sp³-hybridized carbons (Fsp3) is 0.462. The molecule has 3 nitrogen and oxygen atoms in total. The first-order valence-corrected chi connectivity index (χ1v) is 6.55. The number of carbonyl (C=O) groups excluding carboxylic acids is 1. The van der Waals surface area contributed by atoms with Gasteiger partial charge >= 0.3 is 5.97 Å². The van der Waals surface area contributed by atoms with Crippen molar-refractivity contribution in [1.29, 1.82) is 0 Å². The first-order valence-electron chi connectivity index (χ1n) is 5.76. The molecule has 1 aromatic rings. The number of rotatable bonds is 5. The Morgan fingerprint density at radius 2 is 2.12 bits per heavy atom. The van der Waals surface area contributed by atoms with Crippen molar-refractivity contribution in [2.45, 2.75) is 25.4 Å². The lowest BCUT2D eigenvalue weighted by atomic mass is 10.1. The molecule has 92 valence electrons. The number of halogens is 1. The average Bonchev–Trinajstić information content (AvgIpc) is 3.16. The van der Waals surface area contributed by atoms with Gasteiger partial charge in [0.2, 0.25) is 0 Å². The fourth-order valence-corrected chi connectivity index (χ4v) is 2.09. The monoisotopic (exact) mass is 297 g/mol. The molecule has 1 aliphatic carbocycles. The molecule has 1 fully saturated rings. The van der Waals surface area contributed by atoms with Crippen molar-refractivity contribution in [1.82, 2.24) is 5.32 Å². The van der Waals surface area contributed by atoms with E-state index in [2.05, 4.69) is 21.2 Å². The zero-order valence-corrected chi connectivity index (χ0v) is 11.4. The van der Waals surface area contributed by atoms with Gasteiger partial charge in [0, 0.05) is 11.0 Å². The van der Waals surface area contributed by atoms with Gasteiger partial charge in [-0.3, -0.25) is 4.79 Å². The van der Waals surface area contributed by atoms with Crippen LogP contribution in [0.1, 0.15) is 18.4 Å². The van der Waals surface area contributed by atoms with Gasteiger partial charge in [0.15, 0.2) is 0 Å². The number of esters is 1. The Hall–Kier alpha value is -0.870. The van der Waals surface area contributed by atoms with Gasteiger partial charge in [-0.2, -0.15) is 0 Å². The molecule has 1 aromatic carbocycles. The predicted molar refractivity (Wildman–Crippen MR) is 69.5 cm³/mol. The topological polar surface area (TPSA) is 38.3 Å². The maximum atomic E-state index is 11.6. The summed E-state index contributed by atoms with van der Waals surface area (Å²) in [6.45, 7) is 0.698. The lowest BCUT2D eigenvalue weighted by molar-refractivity contribution is -0.143. The molecule has 1 saturated carbocycles. The van der Waals surface area contributed by atoms with E-state index in [-0.39, 0.29) is 12.0 Å². The normalized spacial score (nSPS) is 16.6. The van der Waals surface area contributed by atoms with Gasteiger partial charge in [-0.1, -0.05) is 28.1 Å². The third-order valence-corrected chi connectivity index (χ3v) is 3.52. The molecule has 0 bridgehead atoms. The summed E-state index contributed by atoms with van der Waals surface area (Å²) >= 11 is 3.40. The van der Waals surface area contributed by atoms with Crippen LogP contribution >= 0.6 is 15.9 Å². The van der Waals surface area contributed by atoms with E-state index in [1.807, 2.05) is 24.3 Å². The number of hydrogen-bond donors (Lipinski definition) is 1. The Morgan fingerprint density at radius 1 is 1.47 bits per heavy atom. The van der Waals surface area contributed by atoms with Crippen molar-refractivity contribution in [2.24, 2.45) is 5.92 Å². The number of methoxy groups -OCH3 is 1. The lowest BCUT2D eigenvalue weighted by Gasteiger charge is -2.15. The highest BCUT2D eigenvalue weighted by Gasteiger charge is 2.36. The van der Waals surface area contributed by atoms with Gasteiger partial charge in [0.25, 0.3) is 0 Å². The van der Waals surface area contributed by atoms with Crippen molar-refractivity contribution < 1.29 is 9.53 Å². The molecule has 0 saturated heterocycles. The second-order valence-electron chi connectivity index (χ2n) is 4.35. The van der Waals surface area contributed by atoms with E-state index in [1.165, 1.54) is 12.7 Å². The van der Waals surface area contributed by atoms with Crippen molar-refractivity contribution in [2.75, 3.05) is 7.11 Å². The van der Waals surface area contributed by atoms with Gasteiger partial charge in [0.05, 0.1) is 7.11 Å². The molecule has 2 rings (SSSR count). The van der Waals surface area contributed by atoms with E-state index in [4.69, 9.17) is 4.74 Å². The Balaban J connectivity index is 1.90. The molecule has 0 aromatic heterocycles. The highest BCUT2D eigenvalue weighted by molar-refractivity contribution is 9.10. The van der Waals surface area contributed by atoms with E-state index in [0.29, 0.717) is 12.5 Å². The standard InChI is InChI=1S/C13H16BrNO2/c1-17-13(16)12(10-4-5-10)15-8-9-2-6-11(14)7-3-9/h2-3,6-7,10,12,15H,4-5,8H2,1H3. The van der Waals surface area contributed by atoms with E-state index in [0.717, 1.165) is 17.3 Å². The van der Waals surface area contributed by atoms with Gasteiger partial charge in [0.1, 0.15) is 6.04 Å². The molecule has 0 aliphatic heterocycles. The highest BCUT2D eigenvalue weighted by atomic mass is 79.9. The second kappa shape index (κ2) is 5.65. The van der Waals surface area contributed by atoms with Crippen molar-refractivity contribution in [3.63, 3.8) is 0 Å². The van der Waals surface area contributed by atoms with Crippen molar-refractivity contribution >= 4 is 21.9 Å². The van der Waals surface area contributed by atoms with Gasteiger partial charge in [-0.05, 0) is 36.5 Å². The minimum absolute atomic E-state index is 0.149. The van der Waals surface area contributed by atoms with Crippen LogP contribution in [0.5, 0.6) is 0 Å². The smallest absolute Gasteiger partial charge is 0.323 e. The maximum absolute atomic E-state index is 11.6. The molecule has 17 heavy (non-hydrogen) atoms. The minimum atomic E-state index is -0.149. The number of nitrogens with one attached hydrogen (secondary N) is 1. The molecule has 1 aliphatic rings. The summed E-state index contributed by atoms with van der Waals surface area (Å²) < 4.78 is 5.88. The first kappa shape index (κ1) is 12.6. The second-order valence-corrected chi connectivity index (χ2v) is 5.26. The summed E-state index contributed by atoms with van der Waals surface area (Å²) in [6.07, 6.45) is 2.24. The maximum Gasteiger partial charge on any atom is 0.323 e. The van der Waals surface area contributed by atoms with Crippen LogP contribution in [0, 0.1) is 5.92 Å². The zero-order chi connectivity index (χ0) is 12.3. The van der Waals surface area contributed by atoms with Gasteiger partial charge in [-0.25, -0.2) is 0 Å². The Kier molecular flexibility index (Phi) is 4.18. The number of carbonyl (C=O) groups is 1. The molecule has 0 spiro atoms. The zero-order valence-electron chi connectivity index (χ0n) is 9.78. The van der Waals surface area contributed by atoms with E-state index < -0.39 is 0 Å². The summed E-state index contributed by atoms with van der Waals surface area (Å²) in [5.41, 5.74) is 1.17. The van der Waals surface area contributed by atoms with E-state index in [1.54, 1.807) is 0 Å². The Morgan fingerprint density at radius 3 is 2.65 bits per heavy atom. The molecular weight excluding hydrogens is 282 g/mol. The minimum Gasteiger partial charge on any atom is -0.468 e. The summed E-state index contributed by atoms with van der Waals surface area (Å²) in [6, 6.07) is 7.93. The van der Waals surface area contributed by atoms with Crippen LogP contribution < -0.4 is 5.32 Å². The quantitative estimate of drug-likeness (QED) is 0.849. The summed E-state index contributed by atoms with van der Waals surface area (Å²) in [7, 11) is 1.44. The Bertz CT molecular complexity index is 387. The van der Waals surface area contributed by atoms with E-state index in [9.17, 15) is 4.79 Å². The van der Waals surface area contributed by atoms with Gasteiger partial charge < -0.3 is 10.1 Å². The highest BCUT2D eigenvalue weighted by Crippen LogP contribution is 2.33.